The van der Waals surface area contributed by atoms with Crippen molar-refractivity contribution in [2.75, 3.05) is 25.1 Å². The van der Waals surface area contributed by atoms with Crippen LogP contribution in [0.3, 0.4) is 0 Å². The Labute approximate surface area is 114 Å². The third-order valence-corrected chi connectivity index (χ3v) is 3.43. The summed E-state index contributed by atoms with van der Waals surface area (Å²) in [5, 5.41) is 14.3. The van der Waals surface area contributed by atoms with Gasteiger partial charge in [0.15, 0.2) is 0 Å². The summed E-state index contributed by atoms with van der Waals surface area (Å²) < 4.78 is 5.26. The van der Waals surface area contributed by atoms with E-state index in [-0.39, 0.29) is 15.7 Å². The molecule has 0 amide bonds. The van der Waals surface area contributed by atoms with Crippen LogP contribution in [0.2, 0.25) is 10.0 Å². The standard InChI is InChI=1S/C11H12Cl2N2O3/c12-9-3-8(15(16)17)4-10(13)11(9)14-5-7-1-2-18-6-7/h3-4,7,14H,1-2,5-6H2. The number of rotatable bonds is 4. The van der Waals surface area contributed by atoms with Crippen molar-refractivity contribution in [1.82, 2.24) is 0 Å². The summed E-state index contributed by atoms with van der Waals surface area (Å²) >= 11 is 12.0. The lowest BCUT2D eigenvalue weighted by molar-refractivity contribution is -0.384. The maximum atomic E-state index is 10.6. The second-order valence-corrected chi connectivity index (χ2v) is 4.97. The molecule has 1 atom stereocenters. The van der Waals surface area contributed by atoms with E-state index < -0.39 is 4.92 Å². The number of hydrogen-bond donors (Lipinski definition) is 1. The van der Waals surface area contributed by atoms with Crippen LogP contribution in [0.5, 0.6) is 0 Å². The third-order valence-electron chi connectivity index (χ3n) is 2.83. The Kier molecular flexibility index (Phi) is 4.27. The summed E-state index contributed by atoms with van der Waals surface area (Å²) in [6, 6.07) is 2.59. The van der Waals surface area contributed by atoms with Crippen molar-refractivity contribution in [3.05, 3.63) is 32.3 Å². The Morgan fingerprint density at radius 1 is 1.44 bits per heavy atom. The Morgan fingerprint density at radius 3 is 2.61 bits per heavy atom. The lowest BCUT2D eigenvalue weighted by atomic mass is 10.1. The van der Waals surface area contributed by atoms with Crippen molar-refractivity contribution in [2.24, 2.45) is 5.92 Å². The molecule has 0 radical (unpaired) electrons. The predicted molar refractivity (Wildman–Crippen MR) is 70.5 cm³/mol. The number of non-ortho nitro benzene ring substituents is 1. The number of nitro benzene ring substituents is 1. The van der Waals surface area contributed by atoms with Crippen LogP contribution in [-0.4, -0.2) is 24.7 Å². The maximum Gasteiger partial charge on any atom is 0.272 e. The molecule has 1 fully saturated rings. The van der Waals surface area contributed by atoms with Gasteiger partial charge in [0.2, 0.25) is 0 Å². The molecule has 1 aromatic rings. The molecule has 1 N–H and O–H groups in total. The third kappa shape index (κ3) is 3.04. The molecule has 1 aromatic carbocycles. The fraction of sp³-hybridized carbons (Fsp3) is 0.455. The van der Waals surface area contributed by atoms with E-state index in [4.69, 9.17) is 27.9 Å². The van der Waals surface area contributed by atoms with Gasteiger partial charge in [-0.2, -0.15) is 0 Å². The molecule has 1 aliphatic heterocycles. The summed E-state index contributed by atoms with van der Waals surface area (Å²) in [6.45, 7) is 2.18. The molecule has 1 heterocycles. The maximum absolute atomic E-state index is 10.6. The highest BCUT2D eigenvalue weighted by molar-refractivity contribution is 6.39. The lowest BCUT2D eigenvalue weighted by Gasteiger charge is -2.13. The first kappa shape index (κ1) is 13.4. The zero-order valence-corrected chi connectivity index (χ0v) is 11.0. The molecule has 0 saturated carbocycles. The van der Waals surface area contributed by atoms with Gasteiger partial charge < -0.3 is 10.1 Å². The first-order chi connectivity index (χ1) is 8.58. The summed E-state index contributed by atoms with van der Waals surface area (Å²) in [6.07, 6.45) is 0.995. The topological polar surface area (TPSA) is 64.4 Å². The van der Waals surface area contributed by atoms with E-state index in [2.05, 4.69) is 5.32 Å². The van der Waals surface area contributed by atoms with E-state index in [0.717, 1.165) is 19.6 Å². The number of benzene rings is 1. The molecule has 5 nitrogen and oxygen atoms in total. The van der Waals surface area contributed by atoms with E-state index in [0.29, 0.717) is 18.2 Å². The Balaban J connectivity index is 2.10. The molecule has 2 rings (SSSR count). The number of nitrogens with one attached hydrogen (secondary N) is 1. The van der Waals surface area contributed by atoms with Crippen molar-refractivity contribution >= 4 is 34.6 Å². The molecule has 1 saturated heterocycles. The van der Waals surface area contributed by atoms with Crippen molar-refractivity contribution in [2.45, 2.75) is 6.42 Å². The lowest BCUT2D eigenvalue weighted by Crippen LogP contribution is -2.14. The van der Waals surface area contributed by atoms with Crippen LogP contribution in [-0.2, 0) is 4.74 Å². The monoisotopic (exact) mass is 290 g/mol. The molecule has 1 aliphatic rings. The molecular formula is C11H12Cl2N2O3. The molecule has 1 unspecified atom stereocenters. The predicted octanol–water partition coefficient (Wildman–Crippen LogP) is 3.35. The zero-order valence-electron chi connectivity index (χ0n) is 9.49. The zero-order chi connectivity index (χ0) is 13.1. The highest BCUT2D eigenvalue weighted by atomic mass is 35.5. The Morgan fingerprint density at radius 2 is 2.11 bits per heavy atom. The summed E-state index contributed by atoms with van der Waals surface area (Å²) in [5.41, 5.74) is 0.426. The van der Waals surface area contributed by atoms with E-state index in [1.165, 1.54) is 12.1 Å². The number of halogens is 2. The summed E-state index contributed by atoms with van der Waals surface area (Å²) in [4.78, 5) is 10.1. The smallest absolute Gasteiger partial charge is 0.272 e. The van der Waals surface area contributed by atoms with Gasteiger partial charge in [-0.3, -0.25) is 10.1 Å². The van der Waals surface area contributed by atoms with Gasteiger partial charge in [0.05, 0.1) is 27.3 Å². The van der Waals surface area contributed by atoms with Crippen LogP contribution in [0.15, 0.2) is 12.1 Å². The van der Waals surface area contributed by atoms with Crippen LogP contribution in [0, 0.1) is 16.0 Å². The van der Waals surface area contributed by atoms with Crippen LogP contribution in [0.25, 0.3) is 0 Å². The van der Waals surface area contributed by atoms with Gasteiger partial charge >= 0.3 is 0 Å². The number of hydrogen-bond acceptors (Lipinski definition) is 4. The quantitative estimate of drug-likeness (QED) is 0.682. The number of anilines is 1. The summed E-state index contributed by atoms with van der Waals surface area (Å²) in [7, 11) is 0. The van der Waals surface area contributed by atoms with Crippen molar-refractivity contribution in [1.29, 1.82) is 0 Å². The van der Waals surface area contributed by atoms with Crippen molar-refractivity contribution < 1.29 is 9.66 Å². The number of nitro groups is 1. The fourth-order valence-electron chi connectivity index (χ4n) is 1.82. The van der Waals surface area contributed by atoms with Gasteiger partial charge in [-0.25, -0.2) is 0 Å². The van der Waals surface area contributed by atoms with Crippen LogP contribution in [0.4, 0.5) is 11.4 Å². The van der Waals surface area contributed by atoms with Gasteiger partial charge in [-0.05, 0) is 6.42 Å². The van der Waals surface area contributed by atoms with Crippen LogP contribution < -0.4 is 5.32 Å². The van der Waals surface area contributed by atoms with E-state index >= 15 is 0 Å². The molecule has 0 bridgehead atoms. The average Bonchev–Trinajstić information content (AvgIpc) is 2.80. The van der Waals surface area contributed by atoms with Gasteiger partial charge in [0, 0.05) is 31.2 Å². The van der Waals surface area contributed by atoms with E-state index in [9.17, 15) is 10.1 Å². The molecule has 98 valence electrons. The van der Waals surface area contributed by atoms with Gasteiger partial charge in [0.1, 0.15) is 0 Å². The van der Waals surface area contributed by atoms with Crippen molar-refractivity contribution in [3.63, 3.8) is 0 Å². The van der Waals surface area contributed by atoms with Gasteiger partial charge in [-0.1, -0.05) is 23.2 Å². The molecular weight excluding hydrogens is 279 g/mol. The Hall–Kier alpha value is -1.04. The second kappa shape index (κ2) is 5.73. The number of nitrogens with zero attached hydrogens (tertiary/aromatic N) is 1. The second-order valence-electron chi connectivity index (χ2n) is 4.15. The van der Waals surface area contributed by atoms with E-state index in [1.807, 2.05) is 0 Å². The first-order valence-corrected chi connectivity index (χ1v) is 6.28. The Bertz CT molecular complexity index is 439. The van der Waals surface area contributed by atoms with Crippen LogP contribution >= 0.6 is 23.2 Å². The molecule has 0 aromatic heterocycles. The van der Waals surface area contributed by atoms with Gasteiger partial charge in [0.25, 0.3) is 5.69 Å². The highest BCUT2D eigenvalue weighted by Crippen LogP contribution is 2.34. The SMILES string of the molecule is O=[N+]([O-])c1cc(Cl)c(NCC2CCOC2)c(Cl)c1. The van der Waals surface area contributed by atoms with Crippen molar-refractivity contribution in [3.8, 4) is 0 Å². The minimum Gasteiger partial charge on any atom is -0.382 e. The minimum absolute atomic E-state index is 0.111. The summed E-state index contributed by atoms with van der Waals surface area (Å²) in [5.74, 6) is 0.423. The largest absolute Gasteiger partial charge is 0.382 e. The molecule has 0 aliphatic carbocycles. The minimum atomic E-state index is -0.521. The van der Waals surface area contributed by atoms with E-state index in [1.54, 1.807) is 0 Å². The van der Waals surface area contributed by atoms with Crippen LogP contribution in [0.1, 0.15) is 6.42 Å². The number of ether oxygens (including phenoxy) is 1. The molecule has 7 heteroatoms. The fourth-order valence-corrected chi connectivity index (χ4v) is 2.43. The normalized spacial score (nSPS) is 18.9. The molecule has 18 heavy (non-hydrogen) atoms. The average molecular weight is 291 g/mol. The van der Waals surface area contributed by atoms with Gasteiger partial charge in [-0.15, -0.1) is 0 Å². The first-order valence-electron chi connectivity index (χ1n) is 5.53. The molecule has 0 spiro atoms. The highest BCUT2D eigenvalue weighted by Gasteiger charge is 2.18.